The first-order valence-corrected chi connectivity index (χ1v) is 5.56. The molecule has 2 heterocycles. The van der Waals surface area contributed by atoms with E-state index in [1.807, 2.05) is 6.07 Å². The summed E-state index contributed by atoms with van der Waals surface area (Å²) in [5.41, 5.74) is 1.32. The second kappa shape index (κ2) is 4.93. The molecule has 0 bridgehead atoms. The summed E-state index contributed by atoms with van der Waals surface area (Å²) in [6.07, 6.45) is 2.48. The van der Waals surface area contributed by atoms with Crippen LogP contribution in [0.4, 0.5) is 0 Å². The molecule has 1 aromatic rings. The molecule has 1 N–H and O–H groups in total. The number of hydrogen-bond acceptors (Lipinski definition) is 3. The SMILES string of the molecule is Cl.c1cc2c(cc1[C@@H]1CCCN1)OCCO2. The Bertz CT molecular complexity index is 364. The molecule has 1 saturated heterocycles. The number of hydrogen-bond donors (Lipinski definition) is 1. The Hall–Kier alpha value is -0.930. The zero-order valence-electron chi connectivity index (χ0n) is 9.07. The van der Waals surface area contributed by atoms with Gasteiger partial charge in [-0.3, -0.25) is 0 Å². The fourth-order valence-electron chi connectivity index (χ4n) is 2.25. The van der Waals surface area contributed by atoms with Gasteiger partial charge in [-0.25, -0.2) is 0 Å². The molecule has 3 rings (SSSR count). The third-order valence-corrected chi connectivity index (χ3v) is 3.03. The minimum absolute atomic E-state index is 0. The van der Waals surface area contributed by atoms with E-state index in [0.717, 1.165) is 18.0 Å². The molecule has 0 aromatic heterocycles. The van der Waals surface area contributed by atoms with Crippen LogP contribution in [0.2, 0.25) is 0 Å². The van der Waals surface area contributed by atoms with Crippen molar-refractivity contribution >= 4 is 12.4 Å². The second-order valence-corrected chi connectivity index (χ2v) is 4.05. The highest BCUT2D eigenvalue weighted by atomic mass is 35.5. The average molecular weight is 242 g/mol. The van der Waals surface area contributed by atoms with Crippen LogP contribution in [0.1, 0.15) is 24.4 Å². The molecule has 0 aliphatic carbocycles. The monoisotopic (exact) mass is 241 g/mol. The number of benzene rings is 1. The van der Waals surface area contributed by atoms with Crippen LogP contribution in [0.25, 0.3) is 0 Å². The van der Waals surface area contributed by atoms with E-state index in [2.05, 4.69) is 17.4 Å². The van der Waals surface area contributed by atoms with E-state index >= 15 is 0 Å². The molecule has 4 heteroatoms. The topological polar surface area (TPSA) is 30.5 Å². The predicted octanol–water partition coefficient (Wildman–Crippen LogP) is 2.30. The summed E-state index contributed by atoms with van der Waals surface area (Å²) in [6.45, 7) is 2.45. The molecule has 88 valence electrons. The van der Waals surface area contributed by atoms with Crippen LogP contribution in [-0.2, 0) is 0 Å². The summed E-state index contributed by atoms with van der Waals surface area (Å²) in [5.74, 6) is 1.77. The van der Waals surface area contributed by atoms with Crippen molar-refractivity contribution in [3.05, 3.63) is 23.8 Å². The van der Waals surface area contributed by atoms with Crippen molar-refractivity contribution in [3.8, 4) is 11.5 Å². The van der Waals surface area contributed by atoms with Crippen molar-refractivity contribution in [3.63, 3.8) is 0 Å². The van der Waals surface area contributed by atoms with Gasteiger partial charge in [0, 0.05) is 6.04 Å². The highest BCUT2D eigenvalue weighted by Gasteiger charge is 2.19. The van der Waals surface area contributed by atoms with Crippen molar-refractivity contribution in [1.29, 1.82) is 0 Å². The van der Waals surface area contributed by atoms with Crippen LogP contribution in [0.15, 0.2) is 18.2 Å². The number of nitrogens with one attached hydrogen (secondary N) is 1. The molecule has 0 unspecified atom stereocenters. The lowest BCUT2D eigenvalue weighted by Crippen LogP contribution is -2.17. The van der Waals surface area contributed by atoms with Gasteiger partial charge in [0.25, 0.3) is 0 Å². The summed E-state index contributed by atoms with van der Waals surface area (Å²) < 4.78 is 11.1. The zero-order chi connectivity index (χ0) is 10.1. The van der Waals surface area contributed by atoms with Crippen molar-refractivity contribution in [2.45, 2.75) is 18.9 Å². The first-order chi connectivity index (χ1) is 7.43. The van der Waals surface area contributed by atoms with Gasteiger partial charge in [-0.1, -0.05) is 6.07 Å². The number of rotatable bonds is 1. The maximum atomic E-state index is 5.57. The van der Waals surface area contributed by atoms with Crippen LogP contribution in [0.3, 0.4) is 0 Å². The Morgan fingerprint density at radius 3 is 2.69 bits per heavy atom. The second-order valence-electron chi connectivity index (χ2n) is 4.05. The molecule has 1 aromatic carbocycles. The van der Waals surface area contributed by atoms with E-state index in [4.69, 9.17) is 9.47 Å². The first kappa shape index (κ1) is 11.6. The molecule has 2 aliphatic rings. The standard InChI is InChI=1S/C12H15NO2.ClH/c1-2-10(13-5-1)9-3-4-11-12(8-9)15-7-6-14-11;/h3-4,8,10,13H,1-2,5-7H2;1H/t10-;/m0./s1. The van der Waals surface area contributed by atoms with E-state index in [0.29, 0.717) is 19.3 Å². The normalized spacial score (nSPS) is 22.6. The van der Waals surface area contributed by atoms with Gasteiger partial charge in [-0.15, -0.1) is 12.4 Å². The van der Waals surface area contributed by atoms with Crippen LogP contribution in [0.5, 0.6) is 11.5 Å². The average Bonchev–Trinajstić information content (AvgIpc) is 2.82. The fraction of sp³-hybridized carbons (Fsp3) is 0.500. The molecule has 2 aliphatic heterocycles. The highest BCUT2D eigenvalue weighted by Crippen LogP contribution is 2.34. The van der Waals surface area contributed by atoms with Crippen LogP contribution in [-0.4, -0.2) is 19.8 Å². The minimum Gasteiger partial charge on any atom is -0.486 e. The van der Waals surface area contributed by atoms with Gasteiger partial charge in [0.15, 0.2) is 11.5 Å². The fourth-order valence-corrected chi connectivity index (χ4v) is 2.25. The molecule has 0 radical (unpaired) electrons. The molecule has 0 saturated carbocycles. The summed E-state index contributed by atoms with van der Waals surface area (Å²) in [6, 6.07) is 6.76. The predicted molar refractivity (Wildman–Crippen MR) is 64.7 cm³/mol. The summed E-state index contributed by atoms with van der Waals surface area (Å²) in [4.78, 5) is 0. The molecule has 0 spiro atoms. The zero-order valence-corrected chi connectivity index (χ0v) is 9.89. The Kier molecular flexibility index (Phi) is 3.56. The van der Waals surface area contributed by atoms with E-state index in [1.54, 1.807) is 0 Å². The van der Waals surface area contributed by atoms with Crippen molar-refractivity contribution < 1.29 is 9.47 Å². The van der Waals surface area contributed by atoms with E-state index in [-0.39, 0.29) is 12.4 Å². The first-order valence-electron chi connectivity index (χ1n) is 5.56. The van der Waals surface area contributed by atoms with Gasteiger partial charge in [0.05, 0.1) is 0 Å². The molecule has 1 fully saturated rings. The molecular formula is C12H16ClNO2. The van der Waals surface area contributed by atoms with Crippen LogP contribution in [0, 0.1) is 0 Å². The lowest BCUT2D eigenvalue weighted by Gasteiger charge is -2.20. The Morgan fingerprint density at radius 1 is 1.12 bits per heavy atom. The van der Waals surface area contributed by atoms with E-state index in [9.17, 15) is 0 Å². The van der Waals surface area contributed by atoms with Crippen molar-refractivity contribution in [1.82, 2.24) is 5.32 Å². The minimum atomic E-state index is 0. The highest BCUT2D eigenvalue weighted by molar-refractivity contribution is 5.85. The lowest BCUT2D eigenvalue weighted by atomic mass is 10.0. The molecule has 0 amide bonds. The number of halogens is 1. The van der Waals surface area contributed by atoms with Gasteiger partial charge < -0.3 is 14.8 Å². The summed E-state index contributed by atoms with van der Waals surface area (Å²) in [7, 11) is 0. The van der Waals surface area contributed by atoms with E-state index < -0.39 is 0 Å². The van der Waals surface area contributed by atoms with Gasteiger partial charge in [0.1, 0.15) is 13.2 Å². The van der Waals surface area contributed by atoms with Gasteiger partial charge in [-0.2, -0.15) is 0 Å². The maximum absolute atomic E-state index is 5.57. The Morgan fingerprint density at radius 2 is 1.94 bits per heavy atom. The quantitative estimate of drug-likeness (QED) is 0.819. The molecule has 3 nitrogen and oxygen atoms in total. The third-order valence-electron chi connectivity index (χ3n) is 3.03. The third kappa shape index (κ3) is 2.11. The molecule has 16 heavy (non-hydrogen) atoms. The molecular weight excluding hydrogens is 226 g/mol. The van der Waals surface area contributed by atoms with Gasteiger partial charge in [-0.05, 0) is 37.1 Å². The van der Waals surface area contributed by atoms with Crippen molar-refractivity contribution in [2.75, 3.05) is 19.8 Å². The van der Waals surface area contributed by atoms with Gasteiger partial charge >= 0.3 is 0 Å². The molecule has 1 atom stereocenters. The van der Waals surface area contributed by atoms with Crippen LogP contribution >= 0.6 is 12.4 Å². The van der Waals surface area contributed by atoms with Crippen LogP contribution < -0.4 is 14.8 Å². The number of ether oxygens (including phenoxy) is 2. The van der Waals surface area contributed by atoms with E-state index in [1.165, 1.54) is 18.4 Å². The Labute approximate surface area is 102 Å². The number of fused-ring (bicyclic) bond motifs is 1. The maximum Gasteiger partial charge on any atom is 0.161 e. The lowest BCUT2D eigenvalue weighted by molar-refractivity contribution is 0.171. The summed E-state index contributed by atoms with van der Waals surface area (Å²) in [5, 5.41) is 3.48. The largest absolute Gasteiger partial charge is 0.486 e. The smallest absolute Gasteiger partial charge is 0.161 e. The van der Waals surface area contributed by atoms with Gasteiger partial charge in [0.2, 0.25) is 0 Å². The van der Waals surface area contributed by atoms with Crippen molar-refractivity contribution in [2.24, 2.45) is 0 Å². The Balaban J connectivity index is 0.000000963. The summed E-state index contributed by atoms with van der Waals surface area (Å²) >= 11 is 0.